The molecule has 0 aliphatic heterocycles. The molecule has 0 atom stereocenters. The van der Waals surface area contributed by atoms with Crippen molar-refractivity contribution in [1.29, 1.82) is 0 Å². The van der Waals surface area contributed by atoms with Crippen LogP contribution in [0.1, 0.15) is 113 Å². The first-order valence-electron chi connectivity index (χ1n) is 45.5. The third-order valence-corrected chi connectivity index (χ3v) is 20.8. The molecule has 4 radical (unpaired) electrons. The second-order valence-corrected chi connectivity index (χ2v) is 34.4. The van der Waals surface area contributed by atoms with Gasteiger partial charge in [-0.15, -0.1) is 250 Å². The Labute approximate surface area is 868 Å². The van der Waals surface area contributed by atoms with Crippen molar-refractivity contribution in [2.45, 2.75) is 123 Å². The van der Waals surface area contributed by atoms with Gasteiger partial charge >= 0.3 is 0 Å². The van der Waals surface area contributed by atoms with Gasteiger partial charge in [0.15, 0.2) is 5.78 Å². The van der Waals surface area contributed by atoms with Crippen LogP contribution >= 0.6 is 0 Å². The quantitative estimate of drug-likeness (QED) is 0.0478. The summed E-state index contributed by atoms with van der Waals surface area (Å²) >= 11 is 0. The van der Waals surface area contributed by atoms with E-state index in [1.165, 1.54) is 78.2 Å². The SMILES string of the molecule is CC(C)CC(=O)C=C(O)CC(C)C.CC(C)Cc1ccc(-c2ccnc(-c3[c-]cccc3)c2)cc1.Cc1[c-]c(-c2cc(CC(C)C)c3cc(C)ccc3n2)cc(C)c1.Cc1cc(-c2[c-]cccc2)ncc1-c1ccccc1.Cc1ccc(-c2[c-]cccc2)nc1.Cc1ccnc(-c2[c-]cccc2)c1.[Ir].[Ir].[Ir].[Ir].[c-]1ccccc1-c1ccc(-c2ccccc2)cn1.[c-]1ccccc1-c1ccccn1. The van der Waals surface area contributed by atoms with Gasteiger partial charge in [-0.1, -0.05) is 232 Å². The second kappa shape index (κ2) is 59.5. The molecule has 704 valence electrons. The largest absolute Gasteiger partial charge is 0.512 e. The number of aliphatic hydroxyl groups excluding tert-OH is 1. The normalized spacial score (nSPS) is 10.4. The number of pyridine rings is 7. The first-order valence-corrected chi connectivity index (χ1v) is 45.5. The monoisotopic (exact) mass is 2510 g/mol. The fraction of sp³-hybridized carbons (Fsp3) is 0.177. The maximum Gasteiger partial charge on any atom is 0.159 e. The van der Waals surface area contributed by atoms with Crippen molar-refractivity contribution in [3.05, 3.63) is 476 Å². The summed E-state index contributed by atoms with van der Waals surface area (Å²) < 4.78 is 0. The molecular formula is C124H118Ir4N7O2-7. The molecule has 0 spiro atoms. The van der Waals surface area contributed by atoms with E-state index in [0.717, 1.165) is 108 Å². The predicted octanol–water partition coefficient (Wildman–Crippen LogP) is 31.3. The van der Waals surface area contributed by atoms with E-state index < -0.39 is 0 Å². The summed E-state index contributed by atoms with van der Waals surface area (Å²) in [5, 5.41) is 10.6. The van der Waals surface area contributed by atoms with Gasteiger partial charge in [0.05, 0.1) is 11.3 Å². The van der Waals surface area contributed by atoms with Gasteiger partial charge in [0.1, 0.15) is 0 Å². The molecular weight excluding hydrogens is 2390 g/mol. The Morgan fingerprint density at radius 2 is 0.752 bits per heavy atom. The van der Waals surface area contributed by atoms with E-state index in [9.17, 15) is 9.90 Å². The number of hydrogen-bond acceptors (Lipinski definition) is 9. The molecule has 1 N–H and O–H groups in total. The minimum atomic E-state index is 0. The number of aliphatic hydroxyl groups is 1. The van der Waals surface area contributed by atoms with E-state index in [4.69, 9.17) is 4.98 Å². The van der Waals surface area contributed by atoms with Gasteiger partial charge in [0.2, 0.25) is 0 Å². The minimum absolute atomic E-state index is 0. The number of ketones is 1. The number of nitrogens with zero attached hydrogens (tertiary/aromatic N) is 7. The van der Waals surface area contributed by atoms with Crippen molar-refractivity contribution < 1.29 is 90.3 Å². The van der Waals surface area contributed by atoms with Gasteiger partial charge < -0.3 is 35.0 Å². The molecule has 7 aromatic heterocycles. The number of aryl methyl sites for hydroxylation is 6. The molecule has 0 unspecified atom stereocenters. The van der Waals surface area contributed by atoms with Crippen LogP contribution in [0, 0.1) is 108 Å². The van der Waals surface area contributed by atoms with Crippen molar-refractivity contribution in [2.75, 3.05) is 0 Å². The fourth-order valence-corrected chi connectivity index (χ4v) is 14.5. The average Bonchev–Trinajstić information content (AvgIpc) is 0.783. The van der Waals surface area contributed by atoms with Gasteiger partial charge in [-0.05, 0) is 184 Å². The molecule has 18 rings (SSSR count). The zero-order valence-electron chi connectivity index (χ0n) is 80.3. The number of hydrogen-bond donors (Lipinski definition) is 1. The number of carbonyl (C=O) groups is 1. The van der Waals surface area contributed by atoms with E-state index in [-0.39, 0.29) is 92.0 Å². The number of allylic oxidation sites excluding steroid dienone is 2. The maximum absolute atomic E-state index is 11.2. The molecule has 137 heavy (non-hydrogen) atoms. The van der Waals surface area contributed by atoms with Crippen LogP contribution in [0.2, 0.25) is 0 Å². The van der Waals surface area contributed by atoms with E-state index in [1.54, 1.807) is 6.20 Å². The zero-order valence-corrected chi connectivity index (χ0v) is 89.9. The molecule has 9 nitrogen and oxygen atoms in total. The molecule has 0 aliphatic carbocycles. The van der Waals surface area contributed by atoms with Crippen molar-refractivity contribution in [3.8, 4) is 112 Å². The minimum Gasteiger partial charge on any atom is -0.512 e. The van der Waals surface area contributed by atoms with Gasteiger partial charge in [0.25, 0.3) is 0 Å². The van der Waals surface area contributed by atoms with Gasteiger partial charge in [-0.2, -0.15) is 0 Å². The summed E-state index contributed by atoms with van der Waals surface area (Å²) in [6, 6.07) is 137. The third-order valence-electron chi connectivity index (χ3n) is 20.8. The van der Waals surface area contributed by atoms with Crippen LogP contribution in [-0.2, 0) is 98.1 Å². The van der Waals surface area contributed by atoms with Gasteiger partial charge in [0, 0.05) is 147 Å². The standard InChI is InChI=1S/C22H24N.C21H20N.C18H14N.C17H12N.2C12H10N.C11H8N.C11H20O2.4Ir/c1-14(2)8-18-13-22(19-10-16(4)9-17(5)11-19)23-21-7-6-15(3)12-20(18)21;1-16(2)14-17-8-10-18(11-9-17)20-12-13-22-21(15-20)19-6-4-3-5-7-19;1-14-12-18(16-10-6-3-7-11-16)19-13-17(14)15-8-4-2-5-9-15;1-3-7-14(8-4-1)16-11-12-17(18-13-16)15-9-5-2-6-10-15;1-10-7-8-13-12(9-10)11-5-3-2-4-6-11;1-10-7-8-12(13-9-10)11-5-3-2-4-6-11;1-2-6-10(7-3-1)11-8-4-5-9-12-11;1-8(2)5-10(12)7-11(13)6-9(3)4;;;;/h6-7,9-10,12-14H,8H2,1-5H3;3-6,8-13,15-16H,14H2,1-2H3;2-10,12-13H,1H3;1-9,11-13H;2*2-5,7-9H,1H3;1-6,8-9H;7-9,12H,5-6H2,1-4H3;;;;/q7*-1;;;;;. The van der Waals surface area contributed by atoms with Crippen LogP contribution in [0.4, 0.5) is 0 Å². The van der Waals surface area contributed by atoms with Crippen LogP contribution in [0.25, 0.3) is 123 Å². The third kappa shape index (κ3) is 37.9. The summed E-state index contributed by atoms with van der Waals surface area (Å²) in [6.45, 7) is 29.6. The Morgan fingerprint density at radius 3 is 1.21 bits per heavy atom. The second-order valence-electron chi connectivity index (χ2n) is 34.4. The average molecular weight is 2510 g/mol. The van der Waals surface area contributed by atoms with E-state index >= 15 is 0 Å². The molecule has 0 bridgehead atoms. The summed E-state index contributed by atoms with van der Waals surface area (Å²) in [5.41, 5.74) is 32.5. The number of carbonyl (C=O) groups excluding carboxylic acids is 1. The fourth-order valence-electron chi connectivity index (χ4n) is 14.5. The summed E-state index contributed by atoms with van der Waals surface area (Å²) in [4.78, 5) is 42.4. The molecule has 7 heterocycles. The molecule has 18 aromatic rings. The number of rotatable bonds is 19. The Morgan fingerprint density at radius 1 is 0.314 bits per heavy atom. The van der Waals surface area contributed by atoms with Crippen LogP contribution in [-0.4, -0.2) is 45.8 Å². The molecule has 0 fully saturated rings. The smallest absolute Gasteiger partial charge is 0.159 e. The van der Waals surface area contributed by atoms with Crippen LogP contribution < -0.4 is 0 Å². The molecule has 0 saturated carbocycles. The van der Waals surface area contributed by atoms with Gasteiger partial charge in [-0.3, -0.25) is 9.78 Å². The Hall–Kier alpha value is -12.5. The Balaban J connectivity index is 0.000000215. The Bertz CT molecular complexity index is 6430. The number of fused-ring (bicyclic) bond motifs is 1. The molecule has 13 heteroatoms. The molecule has 0 saturated heterocycles. The van der Waals surface area contributed by atoms with Crippen molar-refractivity contribution in [2.24, 2.45) is 23.7 Å². The summed E-state index contributed by atoms with van der Waals surface area (Å²) in [7, 11) is 0. The molecule has 0 aliphatic rings. The van der Waals surface area contributed by atoms with Crippen molar-refractivity contribution >= 4 is 16.7 Å². The van der Waals surface area contributed by atoms with Crippen LogP contribution in [0.3, 0.4) is 0 Å². The number of benzene rings is 11. The first kappa shape index (κ1) is 112. The van der Waals surface area contributed by atoms with E-state index in [2.05, 4.69) is 256 Å². The summed E-state index contributed by atoms with van der Waals surface area (Å²) in [5.74, 6) is 2.29. The molecule has 11 aromatic carbocycles. The van der Waals surface area contributed by atoms with Crippen molar-refractivity contribution in [3.63, 3.8) is 0 Å². The topological polar surface area (TPSA) is 128 Å². The number of aromatic nitrogens is 7. The zero-order chi connectivity index (χ0) is 94.1. The van der Waals surface area contributed by atoms with E-state index in [0.29, 0.717) is 36.5 Å². The van der Waals surface area contributed by atoms with Crippen LogP contribution in [0.5, 0.6) is 0 Å². The van der Waals surface area contributed by atoms with E-state index in [1.807, 2.05) is 284 Å². The Kier molecular flexibility index (Phi) is 48.5. The predicted molar refractivity (Wildman–Crippen MR) is 554 cm³/mol. The first-order chi connectivity index (χ1) is 64.5. The summed E-state index contributed by atoms with van der Waals surface area (Å²) in [6.07, 6.45) is 15.9. The van der Waals surface area contributed by atoms with Gasteiger partial charge in [-0.25, -0.2) is 0 Å². The maximum atomic E-state index is 11.2. The van der Waals surface area contributed by atoms with Crippen molar-refractivity contribution in [1.82, 2.24) is 34.9 Å². The molecule has 0 amide bonds. The van der Waals surface area contributed by atoms with Crippen LogP contribution in [0.15, 0.2) is 389 Å².